The van der Waals surface area contributed by atoms with E-state index in [0.717, 1.165) is 22.3 Å². The lowest BCUT2D eigenvalue weighted by molar-refractivity contribution is 0.235. The van der Waals surface area contributed by atoms with Crippen molar-refractivity contribution >= 4 is 16.6 Å². The number of nitrogens with one attached hydrogen (secondary N) is 1. The van der Waals surface area contributed by atoms with E-state index in [9.17, 15) is 5.11 Å². The van der Waals surface area contributed by atoms with E-state index in [1.165, 1.54) is 0 Å². The summed E-state index contributed by atoms with van der Waals surface area (Å²) in [6.07, 6.45) is 2.49. The monoisotopic (exact) mass is 288 g/mol. The minimum Gasteiger partial charge on any atom is -0.497 e. The molecule has 2 rings (SSSR count). The molecule has 0 aliphatic heterocycles. The Morgan fingerprint density at radius 2 is 2.05 bits per heavy atom. The average Bonchev–Trinajstić information content (AvgIpc) is 2.45. The Bertz CT molecular complexity index is 605. The van der Waals surface area contributed by atoms with E-state index in [0.29, 0.717) is 6.42 Å². The van der Waals surface area contributed by atoms with Crippen LogP contribution in [-0.2, 0) is 0 Å². The minimum atomic E-state index is 0.0332. The Hall–Kier alpha value is -1.81. The van der Waals surface area contributed by atoms with Gasteiger partial charge in [-0.15, -0.1) is 0 Å². The zero-order chi connectivity index (χ0) is 15.5. The Balaban J connectivity index is 2.40. The van der Waals surface area contributed by atoms with E-state index >= 15 is 0 Å². The third-order valence-corrected chi connectivity index (χ3v) is 3.75. The number of benzene rings is 1. The van der Waals surface area contributed by atoms with Gasteiger partial charge in [-0.3, -0.25) is 0 Å². The van der Waals surface area contributed by atoms with Crippen molar-refractivity contribution < 1.29 is 9.84 Å². The van der Waals surface area contributed by atoms with Crippen molar-refractivity contribution in [2.45, 2.75) is 33.2 Å². The predicted molar refractivity (Wildman–Crippen MR) is 86.9 cm³/mol. The van der Waals surface area contributed by atoms with Crippen molar-refractivity contribution in [1.29, 1.82) is 0 Å². The fraction of sp³-hybridized carbons (Fsp3) is 0.471. The highest BCUT2D eigenvalue weighted by Gasteiger charge is 2.24. The molecule has 2 N–H and O–H groups in total. The molecule has 2 aromatic rings. The van der Waals surface area contributed by atoms with E-state index in [2.05, 4.69) is 31.1 Å². The molecule has 0 saturated heterocycles. The van der Waals surface area contributed by atoms with Gasteiger partial charge in [-0.25, -0.2) is 4.98 Å². The highest BCUT2D eigenvalue weighted by Crippen LogP contribution is 2.30. The maximum atomic E-state index is 9.29. The molecule has 4 nitrogen and oxygen atoms in total. The SMILES string of the molecule is COc1ccc2ccnc(NC(CCO)C(C)(C)C)c2c1. The van der Waals surface area contributed by atoms with Gasteiger partial charge in [-0.05, 0) is 35.4 Å². The largest absolute Gasteiger partial charge is 0.497 e. The number of aliphatic hydroxyl groups excluding tert-OH is 1. The number of ether oxygens (including phenoxy) is 1. The summed E-state index contributed by atoms with van der Waals surface area (Å²) in [7, 11) is 1.66. The smallest absolute Gasteiger partial charge is 0.134 e. The summed E-state index contributed by atoms with van der Waals surface area (Å²) in [6, 6.07) is 8.09. The third kappa shape index (κ3) is 3.64. The number of pyridine rings is 1. The van der Waals surface area contributed by atoms with Gasteiger partial charge in [0.1, 0.15) is 11.6 Å². The van der Waals surface area contributed by atoms with Gasteiger partial charge in [0.15, 0.2) is 0 Å². The minimum absolute atomic E-state index is 0.0332. The molecule has 0 saturated carbocycles. The molecule has 1 atom stereocenters. The molecule has 0 bridgehead atoms. The zero-order valence-corrected chi connectivity index (χ0v) is 13.2. The number of hydrogen-bond donors (Lipinski definition) is 2. The lowest BCUT2D eigenvalue weighted by atomic mass is 9.85. The number of anilines is 1. The van der Waals surface area contributed by atoms with Crippen molar-refractivity contribution in [3.63, 3.8) is 0 Å². The number of methoxy groups -OCH3 is 1. The van der Waals surface area contributed by atoms with Crippen molar-refractivity contribution in [1.82, 2.24) is 4.98 Å². The first kappa shape index (κ1) is 15.6. The number of hydrogen-bond acceptors (Lipinski definition) is 4. The van der Waals surface area contributed by atoms with Crippen molar-refractivity contribution in [3.8, 4) is 5.75 Å². The summed E-state index contributed by atoms with van der Waals surface area (Å²) >= 11 is 0. The van der Waals surface area contributed by atoms with E-state index in [4.69, 9.17) is 4.74 Å². The van der Waals surface area contributed by atoms with Crippen LogP contribution in [0.5, 0.6) is 5.75 Å². The first-order valence-corrected chi connectivity index (χ1v) is 7.26. The second-order valence-corrected chi connectivity index (χ2v) is 6.32. The Morgan fingerprint density at radius 1 is 1.29 bits per heavy atom. The van der Waals surface area contributed by atoms with Crippen LogP contribution in [0.1, 0.15) is 27.2 Å². The van der Waals surface area contributed by atoms with Crippen LogP contribution >= 0.6 is 0 Å². The van der Waals surface area contributed by atoms with E-state index in [-0.39, 0.29) is 18.1 Å². The van der Waals surface area contributed by atoms with Crippen LogP contribution in [0.3, 0.4) is 0 Å². The van der Waals surface area contributed by atoms with Gasteiger partial charge in [-0.1, -0.05) is 26.8 Å². The molecule has 0 aliphatic carbocycles. The summed E-state index contributed by atoms with van der Waals surface area (Å²) in [4.78, 5) is 4.47. The van der Waals surface area contributed by atoms with Crippen molar-refractivity contribution in [2.24, 2.45) is 5.41 Å². The molecule has 0 fully saturated rings. The average molecular weight is 288 g/mol. The van der Waals surface area contributed by atoms with Crippen LogP contribution in [0, 0.1) is 5.41 Å². The normalized spacial score (nSPS) is 13.2. The predicted octanol–water partition coefficient (Wildman–Crippen LogP) is 3.45. The fourth-order valence-corrected chi connectivity index (χ4v) is 2.41. The van der Waals surface area contributed by atoms with Crippen molar-refractivity contribution in [2.75, 3.05) is 19.0 Å². The maximum absolute atomic E-state index is 9.29. The molecule has 0 amide bonds. The molecule has 1 unspecified atom stereocenters. The lowest BCUT2D eigenvalue weighted by Gasteiger charge is -2.32. The molecular weight excluding hydrogens is 264 g/mol. The van der Waals surface area contributed by atoms with E-state index in [1.54, 1.807) is 13.3 Å². The first-order valence-electron chi connectivity index (χ1n) is 7.26. The van der Waals surface area contributed by atoms with Crippen LogP contribution in [0.15, 0.2) is 30.5 Å². The van der Waals surface area contributed by atoms with Gasteiger partial charge in [0.2, 0.25) is 0 Å². The van der Waals surface area contributed by atoms with Crippen LogP contribution in [-0.4, -0.2) is 29.8 Å². The van der Waals surface area contributed by atoms with E-state index < -0.39 is 0 Å². The zero-order valence-electron chi connectivity index (χ0n) is 13.2. The summed E-state index contributed by atoms with van der Waals surface area (Å²) in [5.74, 6) is 1.65. The van der Waals surface area contributed by atoms with Gasteiger partial charge < -0.3 is 15.2 Å². The molecule has 1 aromatic heterocycles. The molecule has 114 valence electrons. The number of aromatic nitrogens is 1. The first-order chi connectivity index (χ1) is 9.95. The summed E-state index contributed by atoms with van der Waals surface area (Å²) in [5, 5.41) is 14.9. The summed E-state index contributed by atoms with van der Waals surface area (Å²) in [6.45, 7) is 6.63. The number of nitrogens with zero attached hydrogens (tertiary/aromatic N) is 1. The topological polar surface area (TPSA) is 54.4 Å². The molecule has 0 spiro atoms. The molecule has 0 radical (unpaired) electrons. The van der Waals surface area contributed by atoms with Crippen LogP contribution in [0.2, 0.25) is 0 Å². The molecule has 4 heteroatoms. The molecular formula is C17H24N2O2. The van der Waals surface area contributed by atoms with Crippen LogP contribution in [0.4, 0.5) is 5.82 Å². The Labute approximate surface area is 126 Å². The molecule has 0 aliphatic rings. The van der Waals surface area contributed by atoms with Gasteiger partial charge in [-0.2, -0.15) is 0 Å². The quantitative estimate of drug-likeness (QED) is 0.884. The molecule has 1 aromatic carbocycles. The highest BCUT2D eigenvalue weighted by atomic mass is 16.5. The van der Waals surface area contributed by atoms with E-state index in [1.807, 2.05) is 24.3 Å². The highest BCUT2D eigenvalue weighted by molar-refractivity contribution is 5.92. The Morgan fingerprint density at radius 3 is 2.67 bits per heavy atom. The number of aliphatic hydroxyl groups is 1. The summed E-state index contributed by atoms with van der Waals surface area (Å²) < 4.78 is 5.30. The molecule has 1 heterocycles. The fourth-order valence-electron chi connectivity index (χ4n) is 2.41. The second-order valence-electron chi connectivity index (χ2n) is 6.32. The second kappa shape index (κ2) is 6.31. The third-order valence-electron chi connectivity index (χ3n) is 3.75. The van der Waals surface area contributed by atoms with Gasteiger partial charge in [0, 0.05) is 24.2 Å². The Kier molecular flexibility index (Phi) is 4.68. The van der Waals surface area contributed by atoms with Gasteiger partial charge in [0.05, 0.1) is 7.11 Å². The number of fused-ring (bicyclic) bond motifs is 1. The molecule has 21 heavy (non-hydrogen) atoms. The van der Waals surface area contributed by atoms with Gasteiger partial charge in [0.25, 0.3) is 0 Å². The van der Waals surface area contributed by atoms with Crippen LogP contribution < -0.4 is 10.1 Å². The maximum Gasteiger partial charge on any atom is 0.134 e. The summed E-state index contributed by atoms with van der Waals surface area (Å²) in [5.41, 5.74) is 0.0332. The number of rotatable bonds is 5. The van der Waals surface area contributed by atoms with Gasteiger partial charge >= 0.3 is 0 Å². The standard InChI is InChI=1S/C17H24N2O2/c1-17(2,3)15(8-10-20)19-16-14-11-13(21-4)6-5-12(14)7-9-18-16/h5-7,9,11,15,20H,8,10H2,1-4H3,(H,18,19). The van der Waals surface area contributed by atoms with Crippen molar-refractivity contribution in [3.05, 3.63) is 30.5 Å². The van der Waals surface area contributed by atoms with Crippen LogP contribution in [0.25, 0.3) is 10.8 Å². The lowest BCUT2D eigenvalue weighted by Crippen LogP contribution is -2.35.